The Kier molecular flexibility index (Phi) is 9.94. The van der Waals surface area contributed by atoms with Gasteiger partial charge in [-0.15, -0.1) is 0 Å². The molecule has 0 aliphatic rings. The maximum absolute atomic E-state index is 13.4. The zero-order valence-corrected chi connectivity index (χ0v) is 23.5. The van der Waals surface area contributed by atoms with Crippen LogP contribution in [0.1, 0.15) is 56.1 Å². The molecular weight excluding hydrogens is 504 g/mol. The molecule has 0 atom stereocenters. The van der Waals surface area contributed by atoms with Crippen molar-refractivity contribution in [2.45, 2.75) is 46.5 Å². The SMILES string of the molecule is CCOc1ccc(Cl)cc1C(=O)CCC(C)(C)CC(=O)Nc1c(CCNC)n(C)n(-c2ccccc2)c1=O. The number of para-hydroxylation sites is 1. The van der Waals surface area contributed by atoms with E-state index in [9.17, 15) is 14.4 Å². The van der Waals surface area contributed by atoms with E-state index in [1.807, 2.05) is 65.2 Å². The molecule has 0 fully saturated rings. The van der Waals surface area contributed by atoms with Crippen LogP contribution in [0.15, 0.2) is 53.3 Å². The molecule has 0 spiro atoms. The third-order valence-corrected chi connectivity index (χ3v) is 6.71. The molecule has 0 aliphatic heterocycles. The smallest absolute Gasteiger partial charge is 0.295 e. The lowest BCUT2D eigenvalue weighted by Crippen LogP contribution is -2.26. The highest BCUT2D eigenvalue weighted by molar-refractivity contribution is 6.31. The Morgan fingerprint density at radius 3 is 2.47 bits per heavy atom. The number of anilines is 1. The Hall–Kier alpha value is -3.36. The fourth-order valence-corrected chi connectivity index (χ4v) is 4.63. The van der Waals surface area contributed by atoms with Gasteiger partial charge in [0.25, 0.3) is 5.56 Å². The first kappa shape index (κ1) is 29.2. The highest BCUT2D eigenvalue weighted by Gasteiger charge is 2.27. The Morgan fingerprint density at radius 1 is 1.11 bits per heavy atom. The molecule has 1 aromatic heterocycles. The lowest BCUT2D eigenvalue weighted by Gasteiger charge is -2.23. The third kappa shape index (κ3) is 7.14. The Morgan fingerprint density at radius 2 is 1.82 bits per heavy atom. The maximum atomic E-state index is 13.4. The first-order valence-corrected chi connectivity index (χ1v) is 13.2. The number of aromatic nitrogens is 2. The lowest BCUT2D eigenvalue weighted by atomic mass is 9.82. The molecule has 0 radical (unpaired) electrons. The van der Waals surface area contributed by atoms with Gasteiger partial charge in [0.1, 0.15) is 11.4 Å². The first-order valence-electron chi connectivity index (χ1n) is 12.8. The van der Waals surface area contributed by atoms with Crippen molar-refractivity contribution in [1.82, 2.24) is 14.7 Å². The van der Waals surface area contributed by atoms with E-state index in [-0.39, 0.29) is 35.8 Å². The zero-order chi connectivity index (χ0) is 27.9. The van der Waals surface area contributed by atoms with Crippen molar-refractivity contribution in [3.8, 4) is 11.4 Å². The molecule has 204 valence electrons. The predicted molar refractivity (Wildman–Crippen MR) is 152 cm³/mol. The van der Waals surface area contributed by atoms with E-state index in [1.165, 1.54) is 0 Å². The van der Waals surface area contributed by atoms with Gasteiger partial charge in [0.05, 0.1) is 23.6 Å². The zero-order valence-electron chi connectivity index (χ0n) is 22.8. The average Bonchev–Trinajstić information content (AvgIpc) is 3.10. The summed E-state index contributed by atoms with van der Waals surface area (Å²) >= 11 is 6.11. The Labute approximate surface area is 228 Å². The minimum Gasteiger partial charge on any atom is -0.493 e. The van der Waals surface area contributed by atoms with Crippen LogP contribution in [0.25, 0.3) is 5.69 Å². The van der Waals surface area contributed by atoms with Crippen molar-refractivity contribution < 1.29 is 14.3 Å². The van der Waals surface area contributed by atoms with E-state index in [1.54, 1.807) is 27.6 Å². The molecule has 3 rings (SSSR count). The number of hydrogen-bond acceptors (Lipinski definition) is 5. The van der Waals surface area contributed by atoms with E-state index in [0.717, 1.165) is 11.4 Å². The summed E-state index contributed by atoms with van der Waals surface area (Å²) in [4.78, 5) is 39.5. The second-order valence-corrected chi connectivity index (χ2v) is 10.5. The number of nitrogens with one attached hydrogen (secondary N) is 2. The highest BCUT2D eigenvalue weighted by atomic mass is 35.5. The number of rotatable bonds is 13. The number of carbonyl (C=O) groups is 2. The molecule has 0 saturated carbocycles. The summed E-state index contributed by atoms with van der Waals surface area (Å²) in [6.45, 7) is 6.83. The van der Waals surface area contributed by atoms with E-state index >= 15 is 0 Å². The summed E-state index contributed by atoms with van der Waals surface area (Å²) in [5, 5.41) is 6.45. The van der Waals surface area contributed by atoms with Crippen molar-refractivity contribution in [3.63, 3.8) is 0 Å². The number of carbonyl (C=O) groups excluding carboxylic acids is 2. The number of likely N-dealkylation sites (N-methyl/N-ethyl adjacent to an activating group) is 1. The van der Waals surface area contributed by atoms with Gasteiger partial charge in [-0.05, 0) is 56.1 Å². The minimum absolute atomic E-state index is 0.0902. The molecule has 3 aromatic rings. The second-order valence-electron chi connectivity index (χ2n) is 10.0. The van der Waals surface area contributed by atoms with Crippen LogP contribution < -0.4 is 20.9 Å². The number of halogens is 1. The number of hydrogen-bond donors (Lipinski definition) is 2. The molecule has 1 amide bonds. The number of ether oxygens (including phenoxy) is 1. The summed E-state index contributed by atoms with van der Waals surface area (Å²) in [5.41, 5.74) is 1.41. The second kappa shape index (κ2) is 12.9. The van der Waals surface area contributed by atoms with E-state index in [0.29, 0.717) is 42.3 Å². The predicted octanol–water partition coefficient (Wildman–Crippen LogP) is 5.01. The standard InChI is InChI=1S/C29H37ClN4O4/c1-6-38-25-13-12-20(30)18-22(25)24(35)14-16-29(2,3)19-26(36)32-27-23(15-17-31-4)33(5)34(28(27)37)21-10-8-7-9-11-21/h7-13,18,31H,6,14-17,19H2,1-5H3,(H,32,36). The summed E-state index contributed by atoms with van der Waals surface area (Å²) < 4.78 is 8.94. The molecular formula is C29H37ClN4O4. The van der Waals surface area contributed by atoms with E-state index < -0.39 is 5.41 Å². The van der Waals surface area contributed by atoms with Crippen molar-refractivity contribution in [3.05, 3.63) is 75.2 Å². The van der Waals surface area contributed by atoms with Crippen LogP contribution >= 0.6 is 11.6 Å². The quantitative estimate of drug-likeness (QED) is 0.297. The molecule has 1 heterocycles. The normalized spacial score (nSPS) is 11.4. The fourth-order valence-electron chi connectivity index (χ4n) is 4.46. The van der Waals surface area contributed by atoms with Crippen LogP contribution in [0.3, 0.4) is 0 Å². The third-order valence-electron chi connectivity index (χ3n) is 6.47. The summed E-state index contributed by atoms with van der Waals surface area (Å²) in [5.74, 6) is 0.145. The van der Waals surface area contributed by atoms with Gasteiger partial charge in [0.15, 0.2) is 5.78 Å². The monoisotopic (exact) mass is 540 g/mol. The van der Waals surface area contributed by atoms with E-state index in [4.69, 9.17) is 16.3 Å². The van der Waals surface area contributed by atoms with Crippen LogP contribution in [-0.2, 0) is 18.3 Å². The molecule has 0 bridgehead atoms. The number of ketones is 1. The van der Waals surface area contributed by atoms with Gasteiger partial charge >= 0.3 is 0 Å². The number of amides is 1. The van der Waals surface area contributed by atoms with Gasteiger partial charge in [-0.3, -0.25) is 19.1 Å². The Bertz CT molecular complexity index is 1330. The molecule has 0 unspecified atom stereocenters. The van der Waals surface area contributed by atoms with Crippen LogP contribution in [0, 0.1) is 5.41 Å². The maximum Gasteiger partial charge on any atom is 0.295 e. The summed E-state index contributed by atoms with van der Waals surface area (Å²) in [6, 6.07) is 14.3. The molecule has 2 aromatic carbocycles. The molecule has 38 heavy (non-hydrogen) atoms. The van der Waals surface area contributed by atoms with Crippen LogP contribution in [0.2, 0.25) is 5.02 Å². The average molecular weight is 541 g/mol. The number of nitrogens with zero attached hydrogens (tertiary/aromatic N) is 2. The molecule has 2 N–H and O–H groups in total. The Balaban J connectivity index is 1.75. The van der Waals surface area contributed by atoms with Crippen molar-refractivity contribution >= 4 is 29.0 Å². The van der Waals surface area contributed by atoms with Crippen LogP contribution in [0.5, 0.6) is 5.75 Å². The molecule has 0 saturated heterocycles. The van der Waals surface area contributed by atoms with Gasteiger partial charge < -0.3 is 15.4 Å². The fraction of sp³-hybridized carbons (Fsp3) is 0.414. The molecule has 8 nitrogen and oxygen atoms in total. The lowest BCUT2D eigenvalue weighted by molar-refractivity contribution is -0.118. The van der Waals surface area contributed by atoms with Gasteiger partial charge in [-0.1, -0.05) is 43.6 Å². The van der Waals surface area contributed by atoms with Crippen molar-refractivity contribution in [1.29, 1.82) is 0 Å². The topological polar surface area (TPSA) is 94.4 Å². The molecule has 0 aliphatic carbocycles. The largest absolute Gasteiger partial charge is 0.493 e. The summed E-state index contributed by atoms with van der Waals surface area (Å²) in [6.07, 6.45) is 1.43. The number of benzene rings is 2. The molecule has 9 heteroatoms. The van der Waals surface area contributed by atoms with Crippen molar-refractivity contribution in [2.24, 2.45) is 12.5 Å². The van der Waals surface area contributed by atoms with Gasteiger partial charge in [-0.2, -0.15) is 0 Å². The highest BCUT2D eigenvalue weighted by Crippen LogP contribution is 2.31. The van der Waals surface area contributed by atoms with Gasteiger partial charge in [0.2, 0.25) is 5.91 Å². The minimum atomic E-state index is -0.484. The summed E-state index contributed by atoms with van der Waals surface area (Å²) in [7, 11) is 3.66. The van der Waals surface area contributed by atoms with Crippen LogP contribution in [-0.4, -0.2) is 41.3 Å². The van der Waals surface area contributed by atoms with Crippen LogP contribution in [0.4, 0.5) is 5.69 Å². The van der Waals surface area contributed by atoms with Gasteiger partial charge in [-0.25, -0.2) is 4.68 Å². The number of Topliss-reactive ketones (excluding diaryl/α,β-unsaturated/α-hetero) is 1. The van der Waals surface area contributed by atoms with E-state index in [2.05, 4.69) is 10.6 Å². The first-order chi connectivity index (χ1) is 18.1. The van der Waals surface area contributed by atoms with Crippen molar-refractivity contribution in [2.75, 3.05) is 25.5 Å². The van der Waals surface area contributed by atoms with Gasteiger partial charge in [0, 0.05) is 37.9 Å².